The number of fused-ring (bicyclic) bond motifs is 2. The van der Waals surface area contributed by atoms with Crippen molar-refractivity contribution in [2.45, 2.75) is 391 Å². The minimum Gasteiger partial charge on any atom is -0.466 e. The largest absolute Gasteiger partial charge is 0.466 e. The van der Waals surface area contributed by atoms with Crippen LogP contribution in [0.5, 0.6) is 0 Å². The van der Waals surface area contributed by atoms with Gasteiger partial charge in [-0.3, -0.25) is 9.59 Å². The van der Waals surface area contributed by atoms with Crippen molar-refractivity contribution in [3.8, 4) is 0 Å². The molecule has 534 valence electrons. The Hall–Kier alpha value is 0.268. The Morgan fingerprint density at radius 1 is 0.418 bits per heavy atom. The van der Waals surface area contributed by atoms with Crippen molar-refractivity contribution in [3.05, 3.63) is 21.9 Å². The van der Waals surface area contributed by atoms with E-state index in [0.29, 0.717) is 13.2 Å². The van der Waals surface area contributed by atoms with Crippen molar-refractivity contribution < 1.29 is 64.6 Å². The molecule has 4 unspecified atom stereocenters. The van der Waals surface area contributed by atoms with Crippen molar-refractivity contribution in [1.29, 1.82) is 0 Å². The van der Waals surface area contributed by atoms with E-state index >= 15 is 0 Å². The molecule has 0 aliphatic carbocycles. The highest BCUT2D eigenvalue weighted by molar-refractivity contribution is 14.1. The third-order valence-corrected chi connectivity index (χ3v) is 50.6. The van der Waals surface area contributed by atoms with E-state index < -0.39 is 70.2 Å². The Kier molecular flexibility index (Phi) is 29.9. The number of rotatable bonds is 23. The number of carbonyl (C=O) groups is 2. The lowest BCUT2D eigenvalue weighted by atomic mass is 9.87. The average molecular weight is 1520 g/mol. The van der Waals surface area contributed by atoms with Crippen molar-refractivity contribution in [2.75, 3.05) is 13.2 Å². The molecular formula is C69H139IO14Si7. The molecule has 4 rings (SSSR count). The summed E-state index contributed by atoms with van der Waals surface area (Å²) in [5.74, 6) is -0.447. The highest BCUT2D eigenvalue weighted by Gasteiger charge is 2.60. The van der Waals surface area contributed by atoms with Crippen LogP contribution in [-0.2, 0) is 64.6 Å². The maximum Gasteiger partial charge on any atom is 0.308 e. The summed E-state index contributed by atoms with van der Waals surface area (Å²) in [5.41, 5.74) is 2.40. The molecule has 0 radical (unpaired) electrons. The van der Waals surface area contributed by atoms with Crippen molar-refractivity contribution in [3.63, 3.8) is 0 Å². The van der Waals surface area contributed by atoms with E-state index in [2.05, 4.69) is 263 Å². The Morgan fingerprint density at radius 3 is 0.945 bits per heavy atom. The van der Waals surface area contributed by atoms with Crippen molar-refractivity contribution >= 4 is 92.5 Å². The minimum absolute atomic E-state index is 0.0179. The van der Waals surface area contributed by atoms with Crippen LogP contribution in [0.2, 0.25) is 128 Å². The standard InChI is InChI=1S/C36H74O7Si4.C33H65IO7Si3/c1-20-38-29(37)25-26-21-22-27-30(39-26)32(42-46(16,17)35(5,6)7)33(43-47(18,19)36(8,9)10)31(40-27)28(23-24-44(11,12)13)41-45(14,15)34(2,3)4;1-17-36-26(35)22-23-18-19-24-27(37-23)29(40-43(13,14)32(5,6)7)30(41-44(15,16)33(8,9)10)28(38-24)25(20-21-34)39-42(11,12)31(2,3)4/h23-24,26-28,30-33H,20-22,25H2,1-19H3;20-21,23-25,27-30H,17-19,22H2,1-16H3/b24-23+;21-20+/t26-,27+,28?,30+,31+,32+,33?;23-,24+,25?,27+,28+,29+,30?/m11/s1. The molecule has 14 atom stereocenters. The third kappa shape index (κ3) is 23.4. The van der Waals surface area contributed by atoms with Gasteiger partial charge >= 0.3 is 11.9 Å². The summed E-state index contributed by atoms with van der Waals surface area (Å²) in [4.78, 5) is 25.1. The highest BCUT2D eigenvalue weighted by atomic mass is 127. The fourth-order valence-corrected chi connectivity index (χ4v) is 19.0. The first kappa shape index (κ1) is 85.5. The first-order valence-corrected chi connectivity index (χ1v) is 56.9. The number of halogens is 1. The fourth-order valence-electron chi connectivity index (χ4n) is 10.1. The van der Waals surface area contributed by atoms with Crippen LogP contribution in [0.3, 0.4) is 0 Å². The molecule has 0 saturated carbocycles. The molecule has 0 aromatic rings. The molecule has 91 heavy (non-hydrogen) atoms. The predicted molar refractivity (Wildman–Crippen MR) is 404 cm³/mol. The van der Waals surface area contributed by atoms with Gasteiger partial charge in [-0.2, -0.15) is 0 Å². The average Bonchev–Trinajstić information content (AvgIpc) is 0.753. The van der Waals surface area contributed by atoms with Crippen LogP contribution in [0, 0.1) is 0 Å². The molecule has 0 amide bonds. The lowest BCUT2D eigenvalue weighted by molar-refractivity contribution is -0.267. The molecule has 4 fully saturated rings. The highest BCUT2D eigenvalue weighted by Crippen LogP contribution is 2.50. The molecule has 0 bridgehead atoms. The van der Waals surface area contributed by atoms with E-state index in [1.54, 1.807) is 0 Å². The van der Waals surface area contributed by atoms with E-state index in [9.17, 15) is 9.59 Å². The van der Waals surface area contributed by atoms with Gasteiger partial charge in [-0.25, -0.2) is 0 Å². The zero-order valence-corrected chi connectivity index (χ0v) is 73.8. The van der Waals surface area contributed by atoms with E-state index in [1.165, 1.54) is 0 Å². The molecule has 0 aromatic heterocycles. The Morgan fingerprint density at radius 2 is 0.692 bits per heavy atom. The molecular weight excluding hydrogens is 1380 g/mol. The number of ether oxygens (including phenoxy) is 6. The molecule has 4 heterocycles. The second-order valence-electron chi connectivity index (χ2n) is 37.0. The molecule has 0 aromatic carbocycles. The molecule has 4 aliphatic heterocycles. The molecule has 4 saturated heterocycles. The second kappa shape index (κ2) is 31.9. The lowest BCUT2D eigenvalue weighted by Gasteiger charge is -2.56. The van der Waals surface area contributed by atoms with Gasteiger partial charge in [-0.05, 0) is 158 Å². The van der Waals surface area contributed by atoms with E-state index in [1.807, 2.05) is 17.9 Å². The summed E-state index contributed by atoms with van der Waals surface area (Å²) in [6.45, 7) is 80.1. The van der Waals surface area contributed by atoms with E-state index in [-0.39, 0.29) is 128 Å². The monoisotopic (exact) mass is 1510 g/mol. The summed E-state index contributed by atoms with van der Waals surface area (Å²) >= 11 is 2.29. The molecule has 0 spiro atoms. The van der Waals surface area contributed by atoms with Gasteiger partial charge in [-0.15, -0.1) is 0 Å². The lowest BCUT2D eigenvalue weighted by Crippen LogP contribution is -2.69. The number of hydrogen-bond acceptors (Lipinski definition) is 14. The summed E-state index contributed by atoms with van der Waals surface area (Å²) in [6.07, 6.45) is 3.42. The van der Waals surface area contributed by atoms with Gasteiger partial charge in [0.05, 0.1) is 70.8 Å². The van der Waals surface area contributed by atoms with Crippen LogP contribution < -0.4 is 0 Å². The summed E-state index contributed by atoms with van der Waals surface area (Å²) < 4.78 is 84.9. The van der Waals surface area contributed by atoms with E-state index in [4.69, 9.17) is 55.0 Å². The van der Waals surface area contributed by atoms with Gasteiger partial charge in [0.25, 0.3) is 0 Å². The van der Waals surface area contributed by atoms with Crippen LogP contribution in [0.4, 0.5) is 0 Å². The van der Waals surface area contributed by atoms with Gasteiger partial charge in [0, 0.05) is 0 Å². The van der Waals surface area contributed by atoms with Crippen LogP contribution in [-0.4, -0.2) is 169 Å². The van der Waals surface area contributed by atoms with Gasteiger partial charge < -0.3 is 55.0 Å². The zero-order chi connectivity index (χ0) is 70.7. The maximum atomic E-state index is 12.6. The van der Waals surface area contributed by atoms with Gasteiger partial charge in [0.1, 0.15) is 48.8 Å². The Balaban J connectivity index is 0.000000476. The molecule has 14 nitrogen and oxygen atoms in total. The summed E-state index contributed by atoms with van der Waals surface area (Å²) in [7, 11) is -15.3. The van der Waals surface area contributed by atoms with Crippen LogP contribution in [0.15, 0.2) is 21.9 Å². The van der Waals surface area contributed by atoms with Gasteiger partial charge in [0.2, 0.25) is 0 Å². The third-order valence-electron chi connectivity index (χ3n) is 22.1. The molecule has 0 N–H and O–H groups in total. The Labute approximate surface area is 579 Å². The quantitative estimate of drug-likeness (QED) is 0.0543. The summed E-state index contributed by atoms with van der Waals surface area (Å²) in [6, 6.07) is 0. The van der Waals surface area contributed by atoms with Gasteiger partial charge in [-0.1, -0.05) is 179 Å². The second-order valence-corrected chi connectivity index (χ2v) is 71.3. The topological polar surface area (TPSA) is 145 Å². The predicted octanol–water partition coefficient (Wildman–Crippen LogP) is 19.2. The number of hydrogen-bond donors (Lipinski definition) is 0. The minimum atomic E-state index is -2.34. The van der Waals surface area contributed by atoms with Crippen LogP contribution in [0.25, 0.3) is 0 Å². The van der Waals surface area contributed by atoms with Crippen molar-refractivity contribution in [2.24, 2.45) is 0 Å². The number of carbonyl (C=O) groups excluding carboxylic acids is 2. The first-order chi connectivity index (χ1) is 40.7. The van der Waals surface area contributed by atoms with Crippen LogP contribution >= 0.6 is 22.6 Å². The maximum absolute atomic E-state index is 12.6. The SMILES string of the molecule is CCOC(=O)C[C@H]1CC[C@@H]2O[C@@H](C(/C=C/I)O[Si](C)(C)C(C)(C)C)C(O[Si](C)(C)C(C)(C)C)[C@@H](O[Si](C)(C)C(C)(C)C)[C@H]2O1.CCOC(=O)C[C@H]1CC[C@@H]2O[C@@H](C(/C=C/[Si](C)(C)C)O[Si](C)(C)C(C)(C)C)C(O[Si](C)(C)C(C)(C)C)[C@@H](O[Si](C)(C)C(C)(C)C)[C@H]2O1. The smallest absolute Gasteiger partial charge is 0.308 e. The Bertz CT molecular complexity index is 2370. The van der Waals surface area contributed by atoms with E-state index in [0.717, 1.165) is 25.7 Å². The first-order valence-electron chi connectivity index (χ1n) is 34.7. The van der Waals surface area contributed by atoms with Crippen molar-refractivity contribution in [1.82, 2.24) is 0 Å². The number of esters is 2. The molecule has 4 aliphatic rings. The van der Waals surface area contributed by atoms with Gasteiger partial charge in [0.15, 0.2) is 49.9 Å². The molecule has 22 heteroatoms. The zero-order valence-electron chi connectivity index (χ0n) is 64.6. The van der Waals surface area contributed by atoms with Crippen LogP contribution in [0.1, 0.15) is 177 Å². The summed E-state index contributed by atoms with van der Waals surface area (Å²) in [5, 5.41) is -0.0365. The normalized spacial score (nSPS) is 28.2. The fraction of sp³-hybridized carbons (Fsp3) is 0.913.